The van der Waals surface area contributed by atoms with Gasteiger partial charge in [0.05, 0.1) is 6.61 Å². The van der Waals surface area contributed by atoms with Gasteiger partial charge in [-0.25, -0.2) is 4.39 Å². The number of ether oxygens (including phenoxy) is 1. The summed E-state index contributed by atoms with van der Waals surface area (Å²) in [6.07, 6.45) is 6.95. The molecule has 108 valence electrons. The van der Waals surface area contributed by atoms with Crippen LogP contribution in [0.15, 0.2) is 18.2 Å². The quantitative estimate of drug-likeness (QED) is 0.574. The molecule has 1 aliphatic carbocycles. The molecule has 0 atom stereocenters. The Balaban J connectivity index is 1.95. The average molecular weight is 295 g/mol. The Hall–Kier alpha value is -1.20. The smallest absolute Gasteiger partial charge is 0.128 e. The van der Waals surface area contributed by atoms with Crippen molar-refractivity contribution in [2.75, 3.05) is 12.5 Å². The highest BCUT2D eigenvalue weighted by Crippen LogP contribution is 2.25. The second-order valence-corrected chi connectivity index (χ2v) is 5.61. The van der Waals surface area contributed by atoms with E-state index in [0.29, 0.717) is 36.1 Å². The molecule has 1 aliphatic rings. The van der Waals surface area contributed by atoms with Crippen LogP contribution in [-0.4, -0.2) is 12.5 Å². The zero-order valence-electron chi connectivity index (χ0n) is 11.6. The monoisotopic (exact) mass is 294 g/mol. The molecule has 1 saturated carbocycles. The lowest BCUT2D eigenvalue weighted by Gasteiger charge is -2.21. The van der Waals surface area contributed by atoms with Crippen LogP contribution in [0.1, 0.15) is 44.1 Å². The standard InChI is InChI=1S/C17H20ClFO/c18-9-5-4-8-15-10-16(19)12-17(11-15)20-13-14-6-2-1-3-7-14/h10-12,14H,1-3,5-7,9,13H2. The van der Waals surface area contributed by atoms with Gasteiger partial charge in [-0.05, 0) is 30.9 Å². The van der Waals surface area contributed by atoms with E-state index < -0.39 is 0 Å². The molecule has 20 heavy (non-hydrogen) atoms. The van der Waals surface area contributed by atoms with Crippen LogP contribution in [0.5, 0.6) is 5.75 Å². The van der Waals surface area contributed by atoms with Crippen molar-refractivity contribution in [2.24, 2.45) is 5.92 Å². The Bertz CT molecular complexity index is 483. The number of alkyl halides is 1. The molecule has 2 rings (SSSR count). The molecule has 0 N–H and O–H groups in total. The molecule has 1 aromatic carbocycles. The van der Waals surface area contributed by atoms with Crippen molar-refractivity contribution in [1.29, 1.82) is 0 Å². The largest absolute Gasteiger partial charge is 0.493 e. The minimum atomic E-state index is -0.304. The van der Waals surface area contributed by atoms with Crippen molar-refractivity contribution in [1.82, 2.24) is 0 Å². The first-order valence-corrected chi connectivity index (χ1v) is 7.79. The summed E-state index contributed by atoms with van der Waals surface area (Å²) in [6, 6.07) is 4.65. The second-order valence-electron chi connectivity index (χ2n) is 5.23. The van der Waals surface area contributed by atoms with Gasteiger partial charge in [-0.2, -0.15) is 0 Å². The molecule has 0 heterocycles. The van der Waals surface area contributed by atoms with E-state index in [-0.39, 0.29) is 5.82 Å². The number of rotatable bonds is 4. The first-order valence-electron chi connectivity index (χ1n) is 7.26. The fourth-order valence-electron chi connectivity index (χ4n) is 2.50. The molecule has 0 spiro atoms. The van der Waals surface area contributed by atoms with Crippen LogP contribution in [-0.2, 0) is 0 Å². The van der Waals surface area contributed by atoms with Gasteiger partial charge in [0.1, 0.15) is 11.6 Å². The first kappa shape index (κ1) is 15.2. The van der Waals surface area contributed by atoms with E-state index in [4.69, 9.17) is 16.3 Å². The molecule has 1 aromatic rings. The van der Waals surface area contributed by atoms with Crippen molar-refractivity contribution in [2.45, 2.75) is 38.5 Å². The van der Waals surface area contributed by atoms with Crippen LogP contribution in [0.25, 0.3) is 0 Å². The van der Waals surface area contributed by atoms with E-state index in [0.717, 1.165) is 0 Å². The summed E-state index contributed by atoms with van der Waals surface area (Å²) in [5.74, 6) is 7.19. The van der Waals surface area contributed by atoms with Gasteiger partial charge in [-0.15, -0.1) is 11.6 Å². The first-order chi connectivity index (χ1) is 9.78. The van der Waals surface area contributed by atoms with Gasteiger partial charge in [0.25, 0.3) is 0 Å². The SMILES string of the molecule is Fc1cc(C#CCCCl)cc(OCC2CCCCC2)c1. The van der Waals surface area contributed by atoms with Gasteiger partial charge in [-0.1, -0.05) is 31.1 Å². The minimum absolute atomic E-state index is 0.304. The Morgan fingerprint density at radius 2 is 2.00 bits per heavy atom. The Kier molecular flexibility index (Phi) is 6.21. The van der Waals surface area contributed by atoms with Crippen LogP contribution in [0.3, 0.4) is 0 Å². The summed E-state index contributed by atoms with van der Waals surface area (Å²) in [5, 5.41) is 0. The molecule has 3 heteroatoms. The number of hydrogen-bond donors (Lipinski definition) is 0. The van der Waals surface area contributed by atoms with E-state index in [1.807, 2.05) is 0 Å². The predicted molar refractivity (Wildman–Crippen MR) is 80.7 cm³/mol. The third-order valence-electron chi connectivity index (χ3n) is 3.53. The molecule has 0 aliphatic heterocycles. The van der Waals surface area contributed by atoms with Gasteiger partial charge in [-0.3, -0.25) is 0 Å². The minimum Gasteiger partial charge on any atom is -0.493 e. The van der Waals surface area contributed by atoms with Crippen molar-refractivity contribution in [3.05, 3.63) is 29.6 Å². The Labute approximate surface area is 125 Å². The van der Waals surface area contributed by atoms with Crippen LogP contribution in [0.4, 0.5) is 4.39 Å². The Morgan fingerprint density at radius 3 is 2.75 bits per heavy atom. The normalized spacial score (nSPS) is 15.5. The van der Waals surface area contributed by atoms with E-state index in [1.165, 1.54) is 44.2 Å². The summed E-state index contributed by atoms with van der Waals surface area (Å²) in [6.45, 7) is 0.679. The lowest BCUT2D eigenvalue weighted by molar-refractivity contribution is 0.208. The topological polar surface area (TPSA) is 9.23 Å². The summed E-state index contributed by atoms with van der Waals surface area (Å²) in [4.78, 5) is 0. The van der Waals surface area contributed by atoms with Gasteiger partial charge in [0, 0.05) is 23.9 Å². The van der Waals surface area contributed by atoms with E-state index in [9.17, 15) is 4.39 Å². The lowest BCUT2D eigenvalue weighted by Crippen LogP contribution is -2.15. The highest BCUT2D eigenvalue weighted by atomic mass is 35.5. The average Bonchev–Trinajstić information content (AvgIpc) is 2.46. The van der Waals surface area contributed by atoms with Crippen molar-refractivity contribution in [3.63, 3.8) is 0 Å². The summed E-state index contributed by atoms with van der Waals surface area (Å²) in [7, 11) is 0. The van der Waals surface area contributed by atoms with E-state index in [2.05, 4.69) is 11.8 Å². The number of halogens is 2. The van der Waals surface area contributed by atoms with E-state index >= 15 is 0 Å². The highest BCUT2D eigenvalue weighted by Gasteiger charge is 2.14. The molecule has 1 fully saturated rings. The van der Waals surface area contributed by atoms with Crippen molar-refractivity contribution < 1.29 is 9.13 Å². The van der Waals surface area contributed by atoms with Gasteiger partial charge < -0.3 is 4.74 Å². The molecular weight excluding hydrogens is 275 g/mol. The molecule has 0 unspecified atom stereocenters. The molecule has 0 radical (unpaired) electrons. The van der Waals surface area contributed by atoms with Crippen molar-refractivity contribution in [3.8, 4) is 17.6 Å². The van der Waals surface area contributed by atoms with Gasteiger partial charge in [0.15, 0.2) is 0 Å². The molecule has 0 amide bonds. The maximum atomic E-state index is 13.5. The highest BCUT2D eigenvalue weighted by molar-refractivity contribution is 6.18. The second kappa shape index (κ2) is 8.17. The summed E-state index contributed by atoms with van der Waals surface area (Å²) < 4.78 is 19.3. The molecule has 0 aromatic heterocycles. The van der Waals surface area contributed by atoms with Crippen LogP contribution < -0.4 is 4.74 Å². The summed E-state index contributed by atoms with van der Waals surface area (Å²) >= 11 is 5.56. The van der Waals surface area contributed by atoms with Crippen molar-refractivity contribution >= 4 is 11.6 Å². The zero-order valence-corrected chi connectivity index (χ0v) is 12.4. The predicted octanol–water partition coefficient (Wildman–Crippen LogP) is 4.77. The van der Waals surface area contributed by atoms with Gasteiger partial charge in [0.2, 0.25) is 0 Å². The third-order valence-corrected chi connectivity index (χ3v) is 3.72. The fourth-order valence-corrected chi connectivity index (χ4v) is 2.59. The van der Waals surface area contributed by atoms with Crippen LogP contribution in [0, 0.1) is 23.6 Å². The fraction of sp³-hybridized carbons (Fsp3) is 0.529. The van der Waals surface area contributed by atoms with E-state index in [1.54, 1.807) is 6.07 Å². The maximum absolute atomic E-state index is 13.5. The zero-order chi connectivity index (χ0) is 14.2. The maximum Gasteiger partial charge on any atom is 0.128 e. The molecule has 0 saturated heterocycles. The molecule has 1 nitrogen and oxygen atoms in total. The number of benzene rings is 1. The van der Waals surface area contributed by atoms with Crippen LogP contribution in [0.2, 0.25) is 0 Å². The third kappa shape index (κ3) is 5.06. The molecule has 0 bridgehead atoms. The van der Waals surface area contributed by atoms with Gasteiger partial charge >= 0.3 is 0 Å². The summed E-state index contributed by atoms with van der Waals surface area (Å²) in [5.41, 5.74) is 0.647. The number of hydrogen-bond acceptors (Lipinski definition) is 1. The lowest BCUT2D eigenvalue weighted by atomic mass is 9.90. The van der Waals surface area contributed by atoms with Crippen LogP contribution >= 0.6 is 11.6 Å². The molecular formula is C17H20ClFO. The Morgan fingerprint density at radius 1 is 1.20 bits per heavy atom.